The second-order valence-electron chi connectivity index (χ2n) is 2.56. The average molecular weight is 187 g/mol. The van der Waals surface area contributed by atoms with Crippen molar-refractivity contribution < 1.29 is 10.0 Å². The highest BCUT2D eigenvalue weighted by Crippen LogP contribution is 1.83. The normalized spacial score (nSPS) is 11.0. The SMILES string of the molecule is CCN(CC)CCNC(=O)C=NO. The monoisotopic (exact) mass is 187 g/mol. The predicted molar refractivity (Wildman–Crippen MR) is 51.1 cm³/mol. The van der Waals surface area contributed by atoms with E-state index in [1.807, 2.05) is 0 Å². The topological polar surface area (TPSA) is 64.9 Å². The van der Waals surface area contributed by atoms with Crippen molar-refractivity contribution in [3.8, 4) is 0 Å². The van der Waals surface area contributed by atoms with Gasteiger partial charge in [-0.15, -0.1) is 0 Å². The smallest absolute Gasteiger partial charge is 0.265 e. The molecule has 0 aliphatic heterocycles. The maximum Gasteiger partial charge on any atom is 0.265 e. The minimum Gasteiger partial charge on any atom is -0.411 e. The number of nitrogens with one attached hydrogen (secondary N) is 1. The van der Waals surface area contributed by atoms with Crippen LogP contribution in [0.5, 0.6) is 0 Å². The lowest BCUT2D eigenvalue weighted by Crippen LogP contribution is -2.35. The van der Waals surface area contributed by atoms with E-state index in [2.05, 4.69) is 29.2 Å². The number of amides is 1. The largest absolute Gasteiger partial charge is 0.411 e. The third kappa shape index (κ3) is 6.10. The van der Waals surface area contributed by atoms with Crippen molar-refractivity contribution in [3.05, 3.63) is 0 Å². The van der Waals surface area contributed by atoms with Gasteiger partial charge in [-0.05, 0) is 13.1 Å². The first kappa shape index (κ1) is 11.9. The summed E-state index contributed by atoms with van der Waals surface area (Å²) >= 11 is 0. The number of rotatable bonds is 6. The Morgan fingerprint density at radius 2 is 2.15 bits per heavy atom. The van der Waals surface area contributed by atoms with Crippen LogP contribution in [0.3, 0.4) is 0 Å². The van der Waals surface area contributed by atoms with Crippen molar-refractivity contribution in [3.63, 3.8) is 0 Å². The molecule has 5 nitrogen and oxygen atoms in total. The Hall–Kier alpha value is -1.10. The third-order valence-electron chi connectivity index (χ3n) is 1.80. The molecule has 5 heteroatoms. The molecule has 76 valence electrons. The first-order chi connectivity index (χ1) is 6.24. The molecule has 0 unspecified atom stereocenters. The van der Waals surface area contributed by atoms with Crippen molar-refractivity contribution in [2.75, 3.05) is 26.2 Å². The second kappa shape index (κ2) is 7.54. The maximum atomic E-state index is 10.8. The first-order valence-corrected chi connectivity index (χ1v) is 4.42. The molecule has 0 bridgehead atoms. The predicted octanol–water partition coefficient (Wildman–Crippen LogP) is -0.0956. The Morgan fingerprint density at radius 1 is 1.54 bits per heavy atom. The molecule has 0 heterocycles. The zero-order chi connectivity index (χ0) is 10.1. The zero-order valence-corrected chi connectivity index (χ0v) is 8.16. The van der Waals surface area contributed by atoms with Gasteiger partial charge in [0.2, 0.25) is 0 Å². The lowest BCUT2D eigenvalue weighted by molar-refractivity contribution is -0.114. The molecule has 0 saturated carbocycles. The van der Waals surface area contributed by atoms with Crippen LogP contribution in [0.2, 0.25) is 0 Å². The molecule has 0 radical (unpaired) electrons. The molecule has 0 spiro atoms. The van der Waals surface area contributed by atoms with Crippen LogP contribution < -0.4 is 5.32 Å². The fourth-order valence-corrected chi connectivity index (χ4v) is 0.975. The zero-order valence-electron chi connectivity index (χ0n) is 8.16. The first-order valence-electron chi connectivity index (χ1n) is 4.42. The summed E-state index contributed by atoms with van der Waals surface area (Å²) < 4.78 is 0. The second-order valence-corrected chi connectivity index (χ2v) is 2.56. The van der Waals surface area contributed by atoms with E-state index in [1.54, 1.807) is 0 Å². The van der Waals surface area contributed by atoms with E-state index in [9.17, 15) is 4.79 Å². The van der Waals surface area contributed by atoms with Crippen LogP contribution in [0.1, 0.15) is 13.8 Å². The molecule has 2 N–H and O–H groups in total. The van der Waals surface area contributed by atoms with Crippen molar-refractivity contribution in [2.24, 2.45) is 5.16 Å². The molecule has 1 amide bonds. The van der Waals surface area contributed by atoms with Gasteiger partial charge < -0.3 is 15.4 Å². The molecule has 0 fully saturated rings. The molecule has 0 rings (SSSR count). The Balaban J connectivity index is 3.48. The highest BCUT2D eigenvalue weighted by Gasteiger charge is 1.99. The Morgan fingerprint density at radius 3 is 2.62 bits per heavy atom. The number of hydrogen-bond donors (Lipinski definition) is 2. The molecule has 0 saturated heterocycles. The van der Waals surface area contributed by atoms with Gasteiger partial charge in [-0.2, -0.15) is 0 Å². The van der Waals surface area contributed by atoms with Crippen LogP contribution in [0.4, 0.5) is 0 Å². The Labute approximate surface area is 78.4 Å². The van der Waals surface area contributed by atoms with E-state index >= 15 is 0 Å². The van der Waals surface area contributed by atoms with Crippen molar-refractivity contribution in [2.45, 2.75) is 13.8 Å². The van der Waals surface area contributed by atoms with Gasteiger partial charge in [0.25, 0.3) is 5.91 Å². The van der Waals surface area contributed by atoms with Gasteiger partial charge in [0.15, 0.2) is 0 Å². The van der Waals surface area contributed by atoms with E-state index in [4.69, 9.17) is 5.21 Å². The van der Waals surface area contributed by atoms with Gasteiger partial charge in [0, 0.05) is 13.1 Å². The number of nitrogens with zero attached hydrogens (tertiary/aromatic N) is 2. The minimum atomic E-state index is -0.366. The third-order valence-corrected chi connectivity index (χ3v) is 1.80. The molecule has 0 aliphatic carbocycles. The lowest BCUT2D eigenvalue weighted by atomic mass is 10.4. The summed E-state index contributed by atoms with van der Waals surface area (Å²) in [6.07, 6.45) is 0.849. The quantitative estimate of drug-likeness (QED) is 0.347. The standard InChI is InChI=1S/C8H17N3O2/c1-3-11(4-2)6-5-9-8(12)7-10-13/h7,13H,3-6H2,1-2H3,(H,9,12). The molecule has 0 aromatic carbocycles. The Kier molecular flexibility index (Phi) is 6.91. The molecule has 13 heavy (non-hydrogen) atoms. The highest BCUT2D eigenvalue weighted by atomic mass is 16.4. The number of likely N-dealkylation sites (N-methyl/N-ethyl adjacent to an activating group) is 1. The summed E-state index contributed by atoms with van der Waals surface area (Å²) in [4.78, 5) is 13.0. The van der Waals surface area contributed by atoms with Crippen LogP contribution in [0.15, 0.2) is 5.16 Å². The fourth-order valence-electron chi connectivity index (χ4n) is 0.975. The molecular weight excluding hydrogens is 170 g/mol. The highest BCUT2D eigenvalue weighted by molar-refractivity contribution is 6.25. The molecule has 0 aliphatic rings. The van der Waals surface area contributed by atoms with E-state index in [0.717, 1.165) is 25.8 Å². The van der Waals surface area contributed by atoms with Crippen LogP contribution >= 0.6 is 0 Å². The average Bonchev–Trinajstić information content (AvgIpc) is 2.13. The van der Waals surface area contributed by atoms with E-state index in [-0.39, 0.29) is 5.91 Å². The molecular formula is C8H17N3O2. The number of hydrogen-bond acceptors (Lipinski definition) is 4. The van der Waals surface area contributed by atoms with Gasteiger partial charge in [0.05, 0.1) is 0 Å². The van der Waals surface area contributed by atoms with Gasteiger partial charge in [-0.3, -0.25) is 4.79 Å². The van der Waals surface area contributed by atoms with Gasteiger partial charge >= 0.3 is 0 Å². The lowest BCUT2D eigenvalue weighted by Gasteiger charge is -2.17. The van der Waals surface area contributed by atoms with Crippen LogP contribution in [0.25, 0.3) is 0 Å². The van der Waals surface area contributed by atoms with Crippen molar-refractivity contribution in [1.29, 1.82) is 0 Å². The van der Waals surface area contributed by atoms with E-state index in [1.165, 1.54) is 0 Å². The number of carbonyl (C=O) groups excluding carboxylic acids is 1. The van der Waals surface area contributed by atoms with Crippen molar-refractivity contribution >= 4 is 12.1 Å². The van der Waals surface area contributed by atoms with E-state index < -0.39 is 0 Å². The van der Waals surface area contributed by atoms with Gasteiger partial charge in [0.1, 0.15) is 6.21 Å². The van der Waals surface area contributed by atoms with Gasteiger partial charge in [-0.25, -0.2) is 0 Å². The molecule has 0 aromatic rings. The fraction of sp³-hybridized carbons (Fsp3) is 0.750. The van der Waals surface area contributed by atoms with Crippen LogP contribution in [-0.4, -0.2) is 48.4 Å². The Bertz CT molecular complexity index is 167. The van der Waals surface area contributed by atoms with Gasteiger partial charge in [-0.1, -0.05) is 19.0 Å². The minimum absolute atomic E-state index is 0.366. The maximum absolute atomic E-state index is 10.8. The summed E-state index contributed by atoms with van der Waals surface area (Å²) in [5, 5.41) is 13.3. The van der Waals surface area contributed by atoms with Crippen molar-refractivity contribution in [1.82, 2.24) is 10.2 Å². The molecule has 0 aromatic heterocycles. The van der Waals surface area contributed by atoms with Crippen LogP contribution in [-0.2, 0) is 4.79 Å². The number of carbonyl (C=O) groups is 1. The summed E-state index contributed by atoms with van der Waals surface area (Å²) in [7, 11) is 0. The van der Waals surface area contributed by atoms with E-state index in [0.29, 0.717) is 6.54 Å². The van der Waals surface area contributed by atoms with Crippen LogP contribution in [0, 0.1) is 0 Å². The summed E-state index contributed by atoms with van der Waals surface area (Å²) in [6, 6.07) is 0. The molecule has 0 atom stereocenters. The summed E-state index contributed by atoms with van der Waals surface area (Å²) in [5.74, 6) is -0.366. The summed E-state index contributed by atoms with van der Waals surface area (Å²) in [6.45, 7) is 7.48. The summed E-state index contributed by atoms with van der Waals surface area (Å²) in [5.41, 5.74) is 0. The number of oxime groups is 1.